The van der Waals surface area contributed by atoms with Crippen LogP contribution in [-0.4, -0.2) is 18.0 Å². The number of halogens is 2. The van der Waals surface area contributed by atoms with E-state index in [2.05, 4.69) is 37.0 Å². The first-order valence-corrected chi connectivity index (χ1v) is 5.57. The Hall–Kier alpha value is -0.550. The van der Waals surface area contributed by atoms with Crippen molar-refractivity contribution in [3.63, 3.8) is 0 Å². The van der Waals surface area contributed by atoms with E-state index in [1.807, 2.05) is 19.1 Å². The van der Waals surface area contributed by atoms with Crippen LogP contribution in [0.2, 0.25) is 0 Å². The Morgan fingerprint density at radius 1 is 1.50 bits per heavy atom. The van der Waals surface area contributed by atoms with Crippen LogP contribution in [0.15, 0.2) is 26.2 Å². The van der Waals surface area contributed by atoms with E-state index in [1.54, 1.807) is 0 Å². The standard InChI is InChI=1S/C9H9Br2NO2/c1-2-14-9-6(5-12-13)3-7(10)4-8(9)11/h3-5,13H,2H2,1H3/b12-5+. The fourth-order valence-corrected chi connectivity index (χ4v) is 2.41. The largest absolute Gasteiger partial charge is 0.492 e. The quantitative estimate of drug-likeness (QED) is 0.526. The van der Waals surface area contributed by atoms with Crippen molar-refractivity contribution in [2.24, 2.45) is 5.16 Å². The number of hydrogen-bond donors (Lipinski definition) is 1. The van der Waals surface area contributed by atoms with Crippen molar-refractivity contribution in [1.82, 2.24) is 0 Å². The topological polar surface area (TPSA) is 41.8 Å². The van der Waals surface area contributed by atoms with Crippen molar-refractivity contribution < 1.29 is 9.94 Å². The maximum atomic E-state index is 8.48. The number of oxime groups is 1. The van der Waals surface area contributed by atoms with Crippen molar-refractivity contribution in [1.29, 1.82) is 0 Å². The molecule has 0 heterocycles. The van der Waals surface area contributed by atoms with Gasteiger partial charge in [0, 0.05) is 10.0 Å². The molecule has 1 aromatic carbocycles. The lowest BCUT2D eigenvalue weighted by atomic mass is 10.2. The molecular weight excluding hydrogens is 314 g/mol. The lowest BCUT2D eigenvalue weighted by Crippen LogP contribution is -1.97. The molecule has 1 rings (SSSR count). The van der Waals surface area contributed by atoms with Crippen molar-refractivity contribution >= 4 is 38.1 Å². The number of benzene rings is 1. The van der Waals surface area contributed by atoms with Gasteiger partial charge >= 0.3 is 0 Å². The zero-order chi connectivity index (χ0) is 10.6. The van der Waals surface area contributed by atoms with Crippen molar-refractivity contribution in [2.75, 3.05) is 6.61 Å². The highest BCUT2D eigenvalue weighted by molar-refractivity contribution is 9.11. The van der Waals surface area contributed by atoms with E-state index in [0.29, 0.717) is 12.4 Å². The Morgan fingerprint density at radius 3 is 2.79 bits per heavy atom. The summed E-state index contributed by atoms with van der Waals surface area (Å²) in [4.78, 5) is 0. The summed E-state index contributed by atoms with van der Waals surface area (Å²) in [6, 6.07) is 3.69. The molecule has 0 aromatic heterocycles. The van der Waals surface area contributed by atoms with Gasteiger partial charge in [0.15, 0.2) is 0 Å². The van der Waals surface area contributed by atoms with E-state index in [1.165, 1.54) is 6.21 Å². The summed E-state index contributed by atoms with van der Waals surface area (Å²) in [5.74, 6) is 0.675. The smallest absolute Gasteiger partial charge is 0.142 e. The first-order chi connectivity index (χ1) is 6.69. The van der Waals surface area contributed by atoms with Crippen molar-refractivity contribution in [2.45, 2.75) is 6.92 Å². The monoisotopic (exact) mass is 321 g/mol. The van der Waals surface area contributed by atoms with Crippen LogP contribution >= 0.6 is 31.9 Å². The third-order valence-corrected chi connectivity index (χ3v) is 2.57. The van der Waals surface area contributed by atoms with Gasteiger partial charge in [-0.15, -0.1) is 0 Å². The van der Waals surface area contributed by atoms with Gasteiger partial charge in [0.2, 0.25) is 0 Å². The summed E-state index contributed by atoms with van der Waals surface area (Å²) in [5.41, 5.74) is 0.718. The second kappa shape index (κ2) is 5.36. The number of hydrogen-bond acceptors (Lipinski definition) is 3. The molecule has 0 amide bonds. The highest BCUT2D eigenvalue weighted by Gasteiger charge is 2.08. The van der Waals surface area contributed by atoms with Gasteiger partial charge in [-0.2, -0.15) is 0 Å². The maximum Gasteiger partial charge on any atom is 0.142 e. The Bertz CT molecular complexity index is 353. The fourth-order valence-electron chi connectivity index (χ4n) is 1.03. The third-order valence-electron chi connectivity index (χ3n) is 1.52. The molecule has 0 unspecified atom stereocenters. The minimum atomic E-state index is 0.562. The predicted octanol–water partition coefficient (Wildman–Crippen LogP) is 3.42. The Labute approximate surface area is 99.0 Å². The average molecular weight is 323 g/mol. The number of nitrogens with zero attached hydrogens (tertiary/aromatic N) is 1. The summed E-state index contributed by atoms with van der Waals surface area (Å²) >= 11 is 6.71. The summed E-state index contributed by atoms with van der Waals surface area (Å²) in [7, 11) is 0. The van der Waals surface area contributed by atoms with Gasteiger partial charge in [0.05, 0.1) is 17.3 Å². The highest BCUT2D eigenvalue weighted by atomic mass is 79.9. The number of ether oxygens (including phenoxy) is 1. The first-order valence-electron chi connectivity index (χ1n) is 3.98. The van der Waals surface area contributed by atoms with Gasteiger partial charge in [-0.1, -0.05) is 21.1 Å². The van der Waals surface area contributed by atoms with Crippen LogP contribution in [0.4, 0.5) is 0 Å². The van der Waals surface area contributed by atoms with E-state index in [-0.39, 0.29) is 0 Å². The molecule has 3 nitrogen and oxygen atoms in total. The molecule has 76 valence electrons. The zero-order valence-corrected chi connectivity index (χ0v) is 10.7. The molecule has 0 saturated carbocycles. The van der Waals surface area contributed by atoms with Gasteiger partial charge < -0.3 is 9.94 Å². The van der Waals surface area contributed by atoms with Crippen LogP contribution < -0.4 is 4.74 Å². The van der Waals surface area contributed by atoms with E-state index < -0.39 is 0 Å². The molecule has 0 radical (unpaired) electrons. The van der Waals surface area contributed by atoms with E-state index in [4.69, 9.17) is 9.94 Å². The van der Waals surface area contributed by atoms with Crippen LogP contribution in [0.5, 0.6) is 5.75 Å². The Kier molecular flexibility index (Phi) is 4.41. The zero-order valence-electron chi connectivity index (χ0n) is 7.50. The van der Waals surface area contributed by atoms with Crippen LogP contribution in [0.1, 0.15) is 12.5 Å². The minimum absolute atomic E-state index is 0.562. The minimum Gasteiger partial charge on any atom is -0.492 e. The third kappa shape index (κ3) is 2.72. The molecule has 0 atom stereocenters. The molecule has 1 N–H and O–H groups in total. The van der Waals surface area contributed by atoms with E-state index in [9.17, 15) is 0 Å². The molecule has 0 aliphatic carbocycles. The van der Waals surface area contributed by atoms with Crippen molar-refractivity contribution in [3.05, 3.63) is 26.6 Å². The molecular formula is C9H9Br2NO2. The van der Waals surface area contributed by atoms with Gasteiger partial charge in [-0.25, -0.2) is 0 Å². The van der Waals surface area contributed by atoms with Crippen LogP contribution in [0, 0.1) is 0 Å². The molecule has 0 fully saturated rings. The van der Waals surface area contributed by atoms with E-state index in [0.717, 1.165) is 14.5 Å². The summed E-state index contributed by atoms with van der Waals surface area (Å²) in [5, 5.41) is 11.5. The summed E-state index contributed by atoms with van der Waals surface area (Å²) < 4.78 is 7.12. The first kappa shape index (κ1) is 11.5. The van der Waals surface area contributed by atoms with E-state index >= 15 is 0 Å². The summed E-state index contributed by atoms with van der Waals surface area (Å²) in [6.45, 7) is 2.46. The normalized spacial score (nSPS) is 10.8. The molecule has 1 aromatic rings. The second-order valence-corrected chi connectivity index (χ2v) is 4.25. The van der Waals surface area contributed by atoms with Gasteiger partial charge in [0.25, 0.3) is 0 Å². The predicted molar refractivity (Wildman–Crippen MR) is 62.4 cm³/mol. The van der Waals surface area contributed by atoms with Gasteiger partial charge in [-0.05, 0) is 35.0 Å². The maximum absolute atomic E-state index is 8.48. The molecule has 5 heteroatoms. The average Bonchev–Trinajstić information content (AvgIpc) is 2.11. The van der Waals surface area contributed by atoms with Gasteiger partial charge in [-0.3, -0.25) is 0 Å². The lowest BCUT2D eigenvalue weighted by Gasteiger charge is -2.09. The van der Waals surface area contributed by atoms with Gasteiger partial charge in [0.1, 0.15) is 5.75 Å². The number of rotatable bonds is 3. The lowest BCUT2D eigenvalue weighted by molar-refractivity contribution is 0.320. The summed E-state index contributed by atoms with van der Waals surface area (Å²) in [6.07, 6.45) is 1.33. The molecule has 0 bridgehead atoms. The van der Waals surface area contributed by atoms with Crippen LogP contribution in [0.3, 0.4) is 0 Å². The molecule has 0 saturated heterocycles. The molecule has 0 spiro atoms. The highest BCUT2D eigenvalue weighted by Crippen LogP contribution is 2.31. The second-order valence-electron chi connectivity index (χ2n) is 2.48. The molecule has 0 aliphatic heterocycles. The fraction of sp³-hybridized carbons (Fsp3) is 0.222. The van der Waals surface area contributed by atoms with Crippen LogP contribution in [-0.2, 0) is 0 Å². The Balaban J connectivity index is 3.21. The van der Waals surface area contributed by atoms with Crippen LogP contribution in [0.25, 0.3) is 0 Å². The Morgan fingerprint density at radius 2 is 2.21 bits per heavy atom. The SMILES string of the molecule is CCOc1c(Br)cc(Br)cc1/C=N/O. The molecule has 0 aliphatic rings. The van der Waals surface area contributed by atoms with Crippen molar-refractivity contribution in [3.8, 4) is 5.75 Å². The molecule has 14 heavy (non-hydrogen) atoms.